The van der Waals surface area contributed by atoms with Crippen molar-refractivity contribution in [3.05, 3.63) is 22.6 Å². The van der Waals surface area contributed by atoms with E-state index >= 15 is 0 Å². The van der Waals surface area contributed by atoms with E-state index in [-0.39, 0.29) is 12.3 Å². The van der Waals surface area contributed by atoms with Crippen LogP contribution in [0.4, 0.5) is 0 Å². The van der Waals surface area contributed by atoms with Crippen molar-refractivity contribution < 1.29 is 14.3 Å². The molecule has 19 heavy (non-hydrogen) atoms. The van der Waals surface area contributed by atoms with Crippen molar-refractivity contribution in [2.24, 2.45) is 11.8 Å². The molecule has 1 fully saturated rings. The number of rotatable bonds is 5. The molecular weight excluding hydrogens is 310 g/mol. The van der Waals surface area contributed by atoms with Gasteiger partial charge in [0.15, 0.2) is 0 Å². The fraction of sp³-hybridized carbons (Fsp3) is 0.643. The van der Waals surface area contributed by atoms with Crippen LogP contribution >= 0.6 is 15.9 Å². The van der Waals surface area contributed by atoms with Crippen LogP contribution in [0, 0.1) is 11.8 Å². The van der Waals surface area contributed by atoms with Crippen LogP contribution in [0.1, 0.15) is 31.9 Å². The predicted octanol–water partition coefficient (Wildman–Crippen LogP) is 3.36. The molecule has 1 aliphatic rings. The van der Waals surface area contributed by atoms with Crippen LogP contribution in [0.25, 0.3) is 0 Å². The maximum absolute atomic E-state index is 10.8. The van der Waals surface area contributed by atoms with E-state index in [4.69, 9.17) is 9.52 Å². The SMILES string of the molecule is CC(CC(=O)O)C1CCCN(Cc2occc2Br)C1. The lowest BCUT2D eigenvalue weighted by molar-refractivity contribution is -0.138. The zero-order valence-corrected chi connectivity index (χ0v) is 12.7. The third-order valence-corrected chi connectivity index (χ3v) is 4.61. The Kier molecular flexibility index (Phi) is 5.05. The number of likely N-dealkylation sites (tertiary alicyclic amines) is 1. The highest BCUT2D eigenvalue weighted by molar-refractivity contribution is 9.10. The second-order valence-electron chi connectivity index (χ2n) is 5.40. The number of carboxylic acids is 1. The first-order valence-corrected chi connectivity index (χ1v) is 7.51. The van der Waals surface area contributed by atoms with Crippen molar-refractivity contribution >= 4 is 21.9 Å². The molecule has 1 aliphatic heterocycles. The number of piperidine rings is 1. The van der Waals surface area contributed by atoms with Gasteiger partial charge in [0.25, 0.3) is 0 Å². The lowest BCUT2D eigenvalue weighted by Crippen LogP contribution is -2.37. The van der Waals surface area contributed by atoms with E-state index in [1.165, 1.54) is 0 Å². The average Bonchev–Trinajstić information content (AvgIpc) is 2.75. The van der Waals surface area contributed by atoms with E-state index in [2.05, 4.69) is 20.8 Å². The summed E-state index contributed by atoms with van der Waals surface area (Å²) < 4.78 is 6.45. The molecule has 2 rings (SSSR count). The fourth-order valence-electron chi connectivity index (χ4n) is 2.78. The van der Waals surface area contributed by atoms with Gasteiger partial charge in [-0.3, -0.25) is 9.69 Å². The Morgan fingerprint density at radius 1 is 1.68 bits per heavy atom. The van der Waals surface area contributed by atoms with Gasteiger partial charge in [0.05, 0.1) is 17.3 Å². The molecule has 1 N–H and O–H groups in total. The maximum Gasteiger partial charge on any atom is 0.303 e. The summed E-state index contributed by atoms with van der Waals surface area (Å²) in [5.41, 5.74) is 0. The van der Waals surface area contributed by atoms with Gasteiger partial charge in [-0.05, 0) is 53.2 Å². The number of nitrogens with zero attached hydrogens (tertiary/aromatic N) is 1. The Morgan fingerprint density at radius 3 is 3.11 bits per heavy atom. The van der Waals surface area contributed by atoms with Crippen molar-refractivity contribution in [2.45, 2.75) is 32.7 Å². The lowest BCUT2D eigenvalue weighted by Gasteiger charge is -2.35. The Labute approximate surface area is 121 Å². The first-order valence-electron chi connectivity index (χ1n) is 6.72. The second kappa shape index (κ2) is 6.57. The van der Waals surface area contributed by atoms with Crippen molar-refractivity contribution in [3.8, 4) is 0 Å². The minimum absolute atomic E-state index is 0.236. The van der Waals surface area contributed by atoms with Crippen LogP contribution in [0.3, 0.4) is 0 Å². The van der Waals surface area contributed by atoms with Crippen molar-refractivity contribution in [3.63, 3.8) is 0 Å². The standard InChI is InChI=1S/C14H20BrNO3/c1-10(7-14(17)18)11-3-2-5-16(8-11)9-13-12(15)4-6-19-13/h4,6,10-11H,2-3,5,7-9H2,1H3,(H,17,18). The van der Waals surface area contributed by atoms with Crippen LogP contribution < -0.4 is 0 Å². The molecule has 2 atom stereocenters. The molecule has 5 heteroatoms. The molecule has 4 nitrogen and oxygen atoms in total. The molecule has 1 aromatic heterocycles. The van der Waals surface area contributed by atoms with Crippen LogP contribution in [0.5, 0.6) is 0 Å². The normalized spacial score (nSPS) is 22.3. The number of furan rings is 1. The monoisotopic (exact) mass is 329 g/mol. The molecule has 1 saturated heterocycles. The van der Waals surface area contributed by atoms with Crippen LogP contribution in [-0.2, 0) is 11.3 Å². The molecule has 2 unspecified atom stereocenters. The fourth-order valence-corrected chi connectivity index (χ4v) is 3.11. The molecular formula is C14H20BrNO3. The third-order valence-electron chi connectivity index (χ3n) is 3.90. The minimum Gasteiger partial charge on any atom is -0.481 e. The Bertz CT molecular complexity index is 432. The van der Waals surface area contributed by atoms with E-state index in [1.54, 1.807) is 6.26 Å². The van der Waals surface area contributed by atoms with Gasteiger partial charge in [0, 0.05) is 13.0 Å². The van der Waals surface area contributed by atoms with Gasteiger partial charge in [-0.2, -0.15) is 0 Å². The zero-order chi connectivity index (χ0) is 13.8. The molecule has 0 aliphatic carbocycles. The minimum atomic E-state index is -0.696. The van der Waals surface area contributed by atoms with E-state index in [9.17, 15) is 4.79 Å². The molecule has 2 heterocycles. The Morgan fingerprint density at radius 2 is 2.47 bits per heavy atom. The van der Waals surface area contributed by atoms with Gasteiger partial charge in [0.1, 0.15) is 5.76 Å². The van der Waals surface area contributed by atoms with Gasteiger partial charge in [0.2, 0.25) is 0 Å². The molecule has 1 aromatic rings. The summed E-state index contributed by atoms with van der Waals surface area (Å²) >= 11 is 3.47. The highest BCUT2D eigenvalue weighted by atomic mass is 79.9. The first kappa shape index (κ1) is 14.6. The average molecular weight is 330 g/mol. The van der Waals surface area contributed by atoms with Gasteiger partial charge in [-0.15, -0.1) is 0 Å². The van der Waals surface area contributed by atoms with Gasteiger partial charge < -0.3 is 9.52 Å². The largest absolute Gasteiger partial charge is 0.481 e. The summed E-state index contributed by atoms with van der Waals surface area (Å²) in [6.07, 6.45) is 4.22. The van der Waals surface area contributed by atoms with Gasteiger partial charge in [-0.25, -0.2) is 0 Å². The molecule has 0 amide bonds. The van der Waals surface area contributed by atoms with Gasteiger partial charge >= 0.3 is 5.97 Å². The van der Waals surface area contributed by atoms with E-state index < -0.39 is 5.97 Å². The summed E-state index contributed by atoms with van der Waals surface area (Å²) in [4.78, 5) is 13.2. The van der Waals surface area contributed by atoms with Crippen molar-refractivity contribution in [1.29, 1.82) is 0 Å². The lowest BCUT2D eigenvalue weighted by atomic mass is 9.84. The number of hydrogen-bond acceptors (Lipinski definition) is 3. The molecule has 0 radical (unpaired) electrons. The van der Waals surface area contributed by atoms with Crippen LogP contribution in [0.2, 0.25) is 0 Å². The maximum atomic E-state index is 10.8. The quantitative estimate of drug-likeness (QED) is 0.899. The highest BCUT2D eigenvalue weighted by Crippen LogP contribution is 2.28. The summed E-state index contributed by atoms with van der Waals surface area (Å²) in [5.74, 6) is 0.962. The number of carbonyl (C=O) groups is 1. The Balaban J connectivity index is 1.90. The summed E-state index contributed by atoms with van der Waals surface area (Å²) in [6.45, 7) is 4.86. The van der Waals surface area contributed by atoms with Crippen molar-refractivity contribution in [1.82, 2.24) is 4.90 Å². The van der Waals surface area contributed by atoms with Gasteiger partial charge in [-0.1, -0.05) is 6.92 Å². The zero-order valence-electron chi connectivity index (χ0n) is 11.1. The summed E-state index contributed by atoms with van der Waals surface area (Å²) in [5, 5.41) is 8.89. The van der Waals surface area contributed by atoms with Crippen LogP contribution in [-0.4, -0.2) is 29.1 Å². The summed E-state index contributed by atoms with van der Waals surface area (Å²) in [7, 11) is 0. The smallest absolute Gasteiger partial charge is 0.303 e. The first-order chi connectivity index (χ1) is 9.06. The third kappa shape index (κ3) is 4.08. The van der Waals surface area contributed by atoms with E-state index in [0.29, 0.717) is 5.92 Å². The number of aliphatic carboxylic acids is 1. The second-order valence-corrected chi connectivity index (χ2v) is 6.26. The van der Waals surface area contributed by atoms with Crippen molar-refractivity contribution in [2.75, 3.05) is 13.1 Å². The predicted molar refractivity (Wildman–Crippen MR) is 75.8 cm³/mol. The molecule has 0 saturated carbocycles. The van der Waals surface area contributed by atoms with Crippen LogP contribution in [0.15, 0.2) is 21.2 Å². The highest BCUT2D eigenvalue weighted by Gasteiger charge is 2.26. The topological polar surface area (TPSA) is 53.7 Å². The molecule has 0 bridgehead atoms. The number of halogens is 1. The van der Waals surface area contributed by atoms with E-state index in [0.717, 1.165) is 42.7 Å². The van der Waals surface area contributed by atoms with E-state index in [1.807, 2.05) is 13.0 Å². The molecule has 0 spiro atoms. The Hall–Kier alpha value is -0.810. The molecule has 0 aromatic carbocycles. The number of hydrogen-bond donors (Lipinski definition) is 1. The summed E-state index contributed by atoms with van der Waals surface area (Å²) in [6, 6.07) is 1.91. The number of carboxylic acid groups (broad SMARTS) is 1. The molecule has 106 valence electrons.